The van der Waals surface area contributed by atoms with Crippen molar-refractivity contribution in [3.8, 4) is 11.3 Å². The number of hydrogen-bond donors (Lipinski definition) is 3. The molecule has 0 radical (unpaired) electrons. The first-order valence-electron chi connectivity index (χ1n) is 5.21. The Morgan fingerprint density at radius 3 is 2.89 bits per heavy atom. The number of H-pyrrole nitrogens is 2. The van der Waals surface area contributed by atoms with Crippen LogP contribution in [-0.2, 0) is 0 Å². The lowest BCUT2D eigenvalue weighted by Crippen LogP contribution is -1.95. The Hall–Kier alpha value is -2.27. The average Bonchev–Trinajstić information content (AvgIpc) is 2.96. The summed E-state index contributed by atoms with van der Waals surface area (Å²) in [5.74, 6) is -1.03. The van der Waals surface area contributed by atoms with Gasteiger partial charge in [0.1, 0.15) is 5.69 Å². The smallest absolute Gasteiger partial charge is 0.353 e. The normalized spacial score (nSPS) is 10.9. The second kappa shape index (κ2) is 3.89. The fourth-order valence-electron chi connectivity index (χ4n) is 1.83. The van der Waals surface area contributed by atoms with Gasteiger partial charge in [-0.2, -0.15) is 5.10 Å². The van der Waals surface area contributed by atoms with Gasteiger partial charge in [0.2, 0.25) is 0 Å². The van der Waals surface area contributed by atoms with Crippen LogP contribution in [0, 0.1) is 0 Å². The minimum atomic E-state index is -1.03. The van der Waals surface area contributed by atoms with Gasteiger partial charge in [0.25, 0.3) is 0 Å². The summed E-state index contributed by atoms with van der Waals surface area (Å²) in [7, 11) is 0. The summed E-state index contributed by atoms with van der Waals surface area (Å²) in [4.78, 5) is 13.8. The van der Waals surface area contributed by atoms with Gasteiger partial charge in [0.05, 0.1) is 10.7 Å². The molecule has 0 fully saturated rings. The molecule has 3 N–H and O–H groups in total. The number of benzene rings is 1. The third-order valence-electron chi connectivity index (χ3n) is 2.74. The molecular weight excluding hydrogens is 254 g/mol. The standard InChI is InChI=1S/C12H8ClN3O2/c13-8-5-14-10-3-6(1-2-7(8)10)9-4-11(12(17)18)16-15-9/h1-5,14H,(H,15,16)(H,17,18). The molecule has 0 saturated heterocycles. The molecule has 2 aromatic heterocycles. The Morgan fingerprint density at radius 1 is 1.33 bits per heavy atom. The van der Waals surface area contributed by atoms with Crippen molar-refractivity contribution >= 4 is 28.5 Å². The first kappa shape index (κ1) is 10.9. The van der Waals surface area contributed by atoms with Crippen LogP contribution in [0.4, 0.5) is 0 Å². The van der Waals surface area contributed by atoms with Crippen LogP contribution in [0.2, 0.25) is 5.02 Å². The first-order chi connectivity index (χ1) is 8.65. The van der Waals surface area contributed by atoms with E-state index in [4.69, 9.17) is 16.7 Å². The fraction of sp³-hybridized carbons (Fsp3) is 0. The van der Waals surface area contributed by atoms with Crippen molar-refractivity contribution < 1.29 is 9.90 Å². The van der Waals surface area contributed by atoms with E-state index in [9.17, 15) is 4.79 Å². The number of aromatic nitrogens is 3. The predicted molar refractivity (Wildman–Crippen MR) is 67.8 cm³/mol. The molecule has 0 spiro atoms. The van der Waals surface area contributed by atoms with E-state index in [0.717, 1.165) is 16.5 Å². The van der Waals surface area contributed by atoms with E-state index in [-0.39, 0.29) is 5.69 Å². The molecule has 0 atom stereocenters. The lowest BCUT2D eigenvalue weighted by Gasteiger charge is -1.96. The largest absolute Gasteiger partial charge is 0.477 e. The molecule has 0 aliphatic carbocycles. The molecule has 18 heavy (non-hydrogen) atoms. The van der Waals surface area contributed by atoms with Gasteiger partial charge in [-0.25, -0.2) is 4.79 Å². The number of carboxylic acid groups (broad SMARTS) is 1. The van der Waals surface area contributed by atoms with Crippen molar-refractivity contribution in [1.29, 1.82) is 0 Å². The monoisotopic (exact) mass is 261 g/mol. The zero-order valence-electron chi connectivity index (χ0n) is 9.07. The molecular formula is C12H8ClN3O2. The number of nitrogens with zero attached hydrogens (tertiary/aromatic N) is 1. The predicted octanol–water partition coefficient (Wildman–Crippen LogP) is 2.91. The van der Waals surface area contributed by atoms with Crippen LogP contribution >= 0.6 is 11.6 Å². The maximum atomic E-state index is 10.8. The highest BCUT2D eigenvalue weighted by atomic mass is 35.5. The van der Waals surface area contributed by atoms with Crippen molar-refractivity contribution in [2.75, 3.05) is 0 Å². The van der Waals surface area contributed by atoms with E-state index >= 15 is 0 Å². The molecule has 90 valence electrons. The van der Waals surface area contributed by atoms with Crippen LogP contribution in [0.25, 0.3) is 22.2 Å². The number of rotatable bonds is 2. The van der Waals surface area contributed by atoms with Crippen LogP contribution in [0.5, 0.6) is 0 Å². The van der Waals surface area contributed by atoms with Gasteiger partial charge < -0.3 is 10.1 Å². The number of halogens is 1. The van der Waals surface area contributed by atoms with Crippen molar-refractivity contribution in [2.45, 2.75) is 0 Å². The lowest BCUT2D eigenvalue weighted by molar-refractivity contribution is 0.0690. The minimum absolute atomic E-state index is 0.0645. The molecule has 0 aliphatic rings. The van der Waals surface area contributed by atoms with Gasteiger partial charge in [-0.3, -0.25) is 5.10 Å². The topological polar surface area (TPSA) is 81.8 Å². The number of fused-ring (bicyclic) bond motifs is 1. The number of aromatic carboxylic acids is 1. The van der Waals surface area contributed by atoms with Gasteiger partial charge >= 0.3 is 5.97 Å². The van der Waals surface area contributed by atoms with Crippen LogP contribution in [-0.4, -0.2) is 26.3 Å². The summed E-state index contributed by atoms with van der Waals surface area (Å²) in [6.07, 6.45) is 1.71. The Bertz CT molecular complexity index is 745. The summed E-state index contributed by atoms with van der Waals surface area (Å²) in [6, 6.07) is 7.10. The van der Waals surface area contributed by atoms with E-state index in [0.29, 0.717) is 10.7 Å². The van der Waals surface area contributed by atoms with Crippen LogP contribution in [0.3, 0.4) is 0 Å². The van der Waals surface area contributed by atoms with E-state index < -0.39 is 5.97 Å². The minimum Gasteiger partial charge on any atom is -0.477 e. The van der Waals surface area contributed by atoms with Gasteiger partial charge in [-0.1, -0.05) is 23.7 Å². The molecule has 5 nitrogen and oxygen atoms in total. The number of carbonyl (C=O) groups is 1. The third kappa shape index (κ3) is 1.65. The molecule has 0 unspecified atom stereocenters. The second-order valence-electron chi connectivity index (χ2n) is 3.87. The quantitative estimate of drug-likeness (QED) is 0.663. The molecule has 3 aromatic rings. The van der Waals surface area contributed by atoms with E-state index in [1.807, 2.05) is 18.2 Å². The summed E-state index contributed by atoms with van der Waals surface area (Å²) in [6.45, 7) is 0. The number of carboxylic acids is 1. The highest BCUT2D eigenvalue weighted by Gasteiger charge is 2.10. The zero-order valence-corrected chi connectivity index (χ0v) is 9.82. The summed E-state index contributed by atoms with van der Waals surface area (Å²) < 4.78 is 0. The Labute approximate surface area is 106 Å². The average molecular weight is 262 g/mol. The maximum Gasteiger partial charge on any atom is 0.353 e. The molecule has 6 heteroatoms. The van der Waals surface area contributed by atoms with Crippen molar-refractivity contribution in [3.05, 3.63) is 41.2 Å². The SMILES string of the molecule is O=C(O)c1cc(-c2ccc3c(Cl)c[nH]c3c2)n[nH]1. The van der Waals surface area contributed by atoms with Crippen LogP contribution in [0.1, 0.15) is 10.5 Å². The lowest BCUT2D eigenvalue weighted by atomic mass is 10.1. The van der Waals surface area contributed by atoms with Gasteiger partial charge in [-0.05, 0) is 12.1 Å². The van der Waals surface area contributed by atoms with E-state index in [1.54, 1.807) is 6.20 Å². The first-order valence-corrected chi connectivity index (χ1v) is 5.58. The molecule has 0 saturated carbocycles. The van der Waals surface area contributed by atoms with Crippen LogP contribution in [0.15, 0.2) is 30.5 Å². The fourth-order valence-corrected chi connectivity index (χ4v) is 2.05. The second-order valence-corrected chi connectivity index (χ2v) is 4.28. The zero-order chi connectivity index (χ0) is 12.7. The highest BCUT2D eigenvalue weighted by molar-refractivity contribution is 6.35. The van der Waals surface area contributed by atoms with Crippen molar-refractivity contribution in [2.24, 2.45) is 0 Å². The molecule has 3 rings (SSSR count). The summed E-state index contributed by atoms with van der Waals surface area (Å²) in [5, 5.41) is 16.8. The molecule has 0 amide bonds. The number of aromatic amines is 2. The maximum absolute atomic E-state index is 10.8. The highest BCUT2D eigenvalue weighted by Crippen LogP contribution is 2.27. The molecule has 2 heterocycles. The van der Waals surface area contributed by atoms with Gasteiger partial charge in [-0.15, -0.1) is 0 Å². The number of hydrogen-bond acceptors (Lipinski definition) is 2. The molecule has 1 aromatic carbocycles. The number of nitrogens with one attached hydrogen (secondary N) is 2. The Balaban J connectivity index is 2.10. The Kier molecular flexibility index (Phi) is 2.34. The van der Waals surface area contributed by atoms with E-state index in [1.165, 1.54) is 6.07 Å². The van der Waals surface area contributed by atoms with Crippen molar-refractivity contribution in [1.82, 2.24) is 15.2 Å². The molecule has 0 aliphatic heterocycles. The Morgan fingerprint density at radius 2 is 2.17 bits per heavy atom. The van der Waals surface area contributed by atoms with Crippen molar-refractivity contribution in [3.63, 3.8) is 0 Å². The third-order valence-corrected chi connectivity index (χ3v) is 3.05. The van der Waals surface area contributed by atoms with Gasteiger partial charge in [0.15, 0.2) is 0 Å². The summed E-state index contributed by atoms with van der Waals surface area (Å²) in [5.41, 5.74) is 2.36. The van der Waals surface area contributed by atoms with Gasteiger partial charge in [0, 0.05) is 22.7 Å². The van der Waals surface area contributed by atoms with Crippen LogP contribution < -0.4 is 0 Å². The summed E-state index contributed by atoms with van der Waals surface area (Å²) >= 11 is 5.99. The molecule has 0 bridgehead atoms. The van der Waals surface area contributed by atoms with E-state index in [2.05, 4.69) is 15.2 Å².